The number of aromatic nitrogens is 1. The Morgan fingerprint density at radius 3 is 2.57 bits per heavy atom. The van der Waals surface area contributed by atoms with Crippen LogP contribution in [0.5, 0.6) is 0 Å². The summed E-state index contributed by atoms with van der Waals surface area (Å²) in [6.45, 7) is 0. The van der Waals surface area contributed by atoms with E-state index >= 15 is 0 Å². The van der Waals surface area contributed by atoms with E-state index in [1.54, 1.807) is 48.8 Å². The summed E-state index contributed by atoms with van der Waals surface area (Å²) in [6, 6.07) is 15.4. The quantitative estimate of drug-likeness (QED) is 0.477. The summed E-state index contributed by atoms with van der Waals surface area (Å²) in [5.41, 5.74) is 3.59. The van der Waals surface area contributed by atoms with E-state index in [-0.39, 0.29) is 10.5 Å². The minimum absolute atomic E-state index is 0.0497. The van der Waals surface area contributed by atoms with Crippen molar-refractivity contribution in [1.29, 1.82) is 0 Å². The number of benzene rings is 2. The molecule has 0 fully saturated rings. The maximum Gasteiger partial charge on any atom is 0.271 e. The molecule has 0 bridgehead atoms. The van der Waals surface area contributed by atoms with E-state index < -0.39 is 15.9 Å². The molecule has 7 nitrogen and oxygen atoms in total. The standard InChI is InChI=1S/C19H15ClN4O3S/c20-16-6-8-17(9-7-16)24-28(26,27)18-5-1-4-15(11-18)19(25)23-22-13-14-3-2-10-21-12-14/h1-13,24H,(H,23,25)/b22-13+. The van der Waals surface area contributed by atoms with Gasteiger partial charge in [-0.3, -0.25) is 14.5 Å². The molecule has 1 aromatic heterocycles. The van der Waals surface area contributed by atoms with Gasteiger partial charge in [0.05, 0.1) is 11.1 Å². The second kappa shape index (κ2) is 8.64. The minimum Gasteiger partial charge on any atom is -0.280 e. The number of hydrogen-bond acceptors (Lipinski definition) is 5. The lowest BCUT2D eigenvalue weighted by Gasteiger charge is -2.09. The summed E-state index contributed by atoms with van der Waals surface area (Å²) in [6.07, 6.45) is 4.65. The van der Waals surface area contributed by atoms with Crippen LogP contribution in [0.1, 0.15) is 15.9 Å². The molecule has 0 saturated carbocycles. The second-order valence-electron chi connectivity index (χ2n) is 5.63. The Balaban J connectivity index is 1.72. The topological polar surface area (TPSA) is 101 Å². The van der Waals surface area contributed by atoms with Crippen molar-refractivity contribution in [3.63, 3.8) is 0 Å². The zero-order chi connectivity index (χ0) is 20.0. The lowest BCUT2D eigenvalue weighted by molar-refractivity contribution is 0.0955. The number of hydrogen-bond donors (Lipinski definition) is 2. The molecule has 2 aromatic carbocycles. The molecule has 2 N–H and O–H groups in total. The van der Waals surface area contributed by atoms with Crippen LogP contribution in [-0.2, 0) is 10.0 Å². The predicted molar refractivity (Wildman–Crippen MR) is 108 cm³/mol. The van der Waals surface area contributed by atoms with E-state index in [9.17, 15) is 13.2 Å². The Kier molecular flexibility index (Phi) is 6.03. The van der Waals surface area contributed by atoms with Crippen molar-refractivity contribution in [2.45, 2.75) is 4.90 Å². The Morgan fingerprint density at radius 2 is 1.86 bits per heavy atom. The van der Waals surface area contributed by atoms with Crippen molar-refractivity contribution in [3.05, 3.63) is 89.2 Å². The molecule has 1 heterocycles. The molecule has 1 amide bonds. The van der Waals surface area contributed by atoms with Crippen LogP contribution in [0, 0.1) is 0 Å². The Bertz CT molecular complexity index is 1100. The van der Waals surface area contributed by atoms with Crippen molar-refractivity contribution >= 4 is 39.4 Å². The summed E-state index contributed by atoms with van der Waals surface area (Å²) in [7, 11) is -3.87. The molecule has 0 aliphatic rings. The number of carbonyl (C=O) groups excluding carboxylic acids is 1. The van der Waals surface area contributed by atoms with Crippen molar-refractivity contribution in [2.75, 3.05) is 4.72 Å². The van der Waals surface area contributed by atoms with E-state index in [4.69, 9.17) is 11.6 Å². The first-order valence-corrected chi connectivity index (χ1v) is 9.92. The number of hydrazone groups is 1. The van der Waals surface area contributed by atoms with Crippen LogP contribution in [-0.4, -0.2) is 25.5 Å². The first kappa shape index (κ1) is 19.5. The summed E-state index contributed by atoms with van der Waals surface area (Å²) < 4.78 is 27.5. The summed E-state index contributed by atoms with van der Waals surface area (Å²) in [4.78, 5) is 16.1. The third-order valence-electron chi connectivity index (χ3n) is 3.57. The van der Waals surface area contributed by atoms with Gasteiger partial charge >= 0.3 is 0 Å². The van der Waals surface area contributed by atoms with E-state index in [0.717, 1.165) is 0 Å². The molecular weight excluding hydrogens is 400 g/mol. The maximum atomic E-state index is 12.5. The number of sulfonamides is 1. The molecular formula is C19H15ClN4O3S. The van der Waals surface area contributed by atoms with Gasteiger partial charge in [0.2, 0.25) is 0 Å². The SMILES string of the molecule is O=C(N/N=C/c1cccnc1)c1cccc(S(=O)(=O)Nc2ccc(Cl)cc2)c1. The molecule has 0 unspecified atom stereocenters. The number of nitrogens with one attached hydrogen (secondary N) is 2. The van der Waals surface area contributed by atoms with Crippen LogP contribution >= 0.6 is 11.6 Å². The molecule has 3 rings (SSSR count). The fraction of sp³-hybridized carbons (Fsp3) is 0. The Morgan fingerprint density at radius 1 is 1.07 bits per heavy atom. The van der Waals surface area contributed by atoms with Gasteiger partial charge < -0.3 is 0 Å². The maximum absolute atomic E-state index is 12.5. The molecule has 9 heteroatoms. The third kappa shape index (κ3) is 5.15. The van der Waals surface area contributed by atoms with E-state index in [0.29, 0.717) is 16.3 Å². The van der Waals surface area contributed by atoms with Gasteiger partial charge in [-0.15, -0.1) is 0 Å². The molecule has 3 aromatic rings. The molecule has 0 radical (unpaired) electrons. The summed E-state index contributed by atoms with van der Waals surface area (Å²) in [5.74, 6) is -0.538. The number of anilines is 1. The van der Waals surface area contributed by atoms with Crippen LogP contribution < -0.4 is 10.1 Å². The van der Waals surface area contributed by atoms with Crippen molar-refractivity contribution < 1.29 is 13.2 Å². The van der Waals surface area contributed by atoms with Gasteiger partial charge in [-0.25, -0.2) is 13.8 Å². The van der Waals surface area contributed by atoms with Crippen LogP contribution in [0.25, 0.3) is 0 Å². The minimum atomic E-state index is -3.87. The molecule has 0 saturated heterocycles. The average Bonchev–Trinajstić information content (AvgIpc) is 2.70. The van der Waals surface area contributed by atoms with Crippen LogP contribution in [0.3, 0.4) is 0 Å². The fourth-order valence-electron chi connectivity index (χ4n) is 2.22. The van der Waals surface area contributed by atoms with Crippen LogP contribution in [0.2, 0.25) is 5.02 Å². The highest BCUT2D eigenvalue weighted by Crippen LogP contribution is 2.19. The largest absolute Gasteiger partial charge is 0.280 e. The van der Waals surface area contributed by atoms with E-state index in [2.05, 4.69) is 20.2 Å². The molecule has 0 spiro atoms. The summed E-state index contributed by atoms with van der Waals surface area (Å²) >= 11 is 5.80. The molecule has 0 aliphatic carbocycles. The molecule has 0 atom stereocenters. The second-order valence-corrected chi connectivity index (χ2v) is 7.74. The van der Waals surface area contributed by atoms with Gasteiger partial charge in [-0.1, -0.05) is 23.7 Å². The monoisotopic (exact) mass is 414 g/mol. The number of pyridine rings is 1. The summed E-state index contributed by atoms with van der Waals surface area (Å²) in [5, 5.41) is 4.34. The van der Waals surface area contributed by atoms with Gasteiger partial charge in [0, 0.05) is 34.2 Å². The van der Waals surface area contributed by atoms with E-state index in [1.807, 2.05) is 0 Å². The van der Waals surface area contributed by atoms with E-state index in [1.165, 1.54) is 30.5 Å². The highest BCUT2D eigenvalue weighted by Gasteiger charge is 2.16. The average molecular weight is 415 g/mol. The van der Waals surface area contributed by atoms with Crippen LogP contribution in [0.15, 0.2) is 83.1 Å². The smallest absolute Gasteiger partial charge is 0.271 e. The first-order chi connectivity index (χ1) is 13.4. The molecule has 28 heavy (non-hydrogen) atoms. The number of rotatable bonds is 6. The third-order valence-corrected chi connectivity index (χ3v) is 5.20. The van der Waals surface area contributed by atoms with Gasteiger partial charge in [-0.05, 0) is 48.5 Å². The zero-order valence-electron chi connectivity index (χ0n) is 14.4. The first-order valence-electron chi connectivity index (χ1n) is 8.06. The Hall–Kier alpha value is -3.23. The van der Waals surface area contributed by atoms with Gasteiger partial charge in [0.15, 0.2) is 0 Å². The van der Waals surface area contributed by atoms with Gasteiger partial charge in [-0.2, -0.15) is 5.10 Å². The zero-order valence-corrected chi connectivity index (χ0v) is 16.0. The van der Waals surface area contributed by atoms with Crippen LogP contribution in [0.4, 0.5) is 5.69 Å². The lowest BCUT2D eigenvalue weighted by atomic mass is 10.2. The fourth-order valence-corrected chi connectivity index (χ4v) is 3.45. The number of amides is 1. The number of nitrogens with zero attached hydrogens (tertiary/aromatic N) is 2. The lowest BCUT2D eigenvalue weighted by Crippen LogP contribution is -2.19. The molecule has 142 valence electrons. The predicted octanol–water partition coefficient (Wildman–Crippen LogP) is 3.30. The highest BCUT2D eigenvalue weighted by molar-refractivity contribution is 7.92. The molecule has 0 aliphatic heterocycles. The number of halogens is 1. The van der Waals surface area contributed by atoms with Crippen molar-refractivity contribution in [3.8, 4) is 0 Å². The number of carbonyl (C=O) groups is 1. The normalized spacial score (nSPS) is 11.3. The highest BCUT2D eigenvalue weighted by atomic mass is 35.5. The van der Waals surface area contributed by atoms with Gasteiger partial charge in [0.25, 0.3) is 15.9 Å². The van der Waals surface area contributed by atoms with Gasteiger partial charge in [0.1, 0.15) is 0 Å². The van der Waals surface area contributed by atoms with Crippen molar-refractivity contribution in [1.82, 2.24) is 10.4 Å². The van der Waals surface area contributed by atoms with Crippen molar-refractivity contribution in [2.24, 2.45) is 5.10 Å². The Labute approximate surface area is 167 Å².